The fraction of sp³-hybridized carbons (Fsp3) is 0.188. The summed E-state index contributed by atoms with van der Waals surface area (Å²) in [4.78, 5) is 8.40. The maximum atomic E-state index is 13.6. The van der Waals surface area contributed by atoms with E-state index in [9.17, 15) is 4.39 Å². The van der Waals surface area contributed by atoms with Crippen LogP contribution in [-0.4, -0.2) is 22.9 Å². The van der Waals surface area contributed by atoms with Crippen LogP contribution in [0.2, 0.25) is 0 Å². The normalized spacial score (nSPS) is 11.3. The van der Waals surface area contributed by atoms with Crippen LogP contribution in [0.15, 0.2) is 30.6 Å². The largest absolute Gasteiger partial charge is 0.372 e. The zero-order chi connectivity index (χ0) is 15.4. The number of nitrogens with zero attached hydrogens (tertiary/aromatic N) is 2. The van der Waals surface area contributed by atoms with Gasteiger partial charge in [0.1, 0.15) is 17.3 Å². The average Bonchev–Trinajstić information content (AvgIpc) is 2.49. The third kappa shape index (κ3) is 3.31. The number of halogens is 1. The second kappa shape index (κ2) is 6.26. The van der Waals surface area contributed by atoms with Gasteiger partial charge in [0.2, 0.25) is 0 Å². The molecule has 0 saturated carbocycles. The van der Waals surface area contributed by atoms with Crippen LogP contribution in [0.3, 0.4) is 0 Å². The number of aromatic nitrogens is 2. The molecule has 1 heterocycles. The minimum atomic E-state index is -0.234. The van der Waals surface area contributed by atoms with Gasteiger partial charge in [-0.25, -0.2) is 9.37 Å². The van der Waals surface area contributed by atoms with Gasteiger partial charge in [-0.3, -0.25) is 10.4 Å². The van der Waals surface area contributed by atoms with Gasteiger partial charge in [-0.2, -0.15) is 0 Å². The van der Waals surface area contributed by atoms with E-state index in [2.05, 4.69) is 15.3 Å². The molecular formula is C16H17FN4. The third-order valence-electron chi connectivity index (χ3n) is 3.19. The molecule has 0 aliphatic heterocycles. The molecule has 1 aromatic heterocycles. The van der Waals surface area contributed by atoms with Crippen molar-refractivity contribution in [2.75, 3.05) is 7.05 Å². The molecule has 108 valence electrons. The Morgan fingerprint density at radius 1 is 1.29 bits per heavy atom. The second-order valence-corrected chi connectivity index (χ2v) is 4.71. The van der Waals surface area contributed by atoms with Crippen molar-refractivity contribution in [2.24, 2.45) is 0 Å². The van der Waals surface area contributed by atoms with Gasteiger partial charge in [0.15, 0.2) is 0 Å². The van der Waals surface area contributed by atoms with E-state index < -0.39 is 0 Å². The molecule has 0 atom stereocenters. The van der Waals surface area contributed by atoms with Crippen LogP contribution in [0, 0.1) is 18.2 Å². The van der Waals surface area contributed by atoms with Gasteiger partial charge in [-0.05, 0) is 42.7 Å². The predicted molar refractivity (Wildman–Crippen MR) is 82.6 cm³/mol. The Labute approximate surface area is 123 Å². The molecule has 0 radical (unpaired) electrons. The molecule has 0 unspecified atom stereocenters. The first kappa shape index (κ1) is 14.8. The molecule has 2 N–H and O–H groups in total. The van der Waals surface area contributed by atoms with Gasteiger partial charge < -0.3 is 5.32 Å². The average molecular weight is 284 g/mol. The molecule has 0 spiro atoms. The summed E-state index contributed by atoms with van der Waals surface area (Å²) in [5.41, 5.74) is 3.30. The summed E-state index contributed by atoms with van der Waals surface area (Å²) in [5, 5.41) is 10.6. The van der Waals surface area contributed by atoms with Crippen LogP contribution >= 0.6 is 0 Å². The highest BCUT2D eigenvalue weighted by Crippen LogP contribution is 2.20. The van der Waals surface area contributed by atoms with E-state index in [1.165, 1.54) is 6.07 Å². The molecule has 5 heteroatoms. The Bertz CT molecular complexity index is 707. The Morgan fingerprint density at radius 3 is 2.67 bits per heavy atom. The number of aryl methyl sites for hydroxylation is 1. The van der Waals surface area contributed by atoms with E-state index in [4.69, 9.17) is 5.41 Å². The first-order valence-corrected chi connectivity index (χ1v) is 6.55. The highest BCUT2D eigenvalue weighted by molar-refractivity contribution is 5.98. The summed E-state index contributed by atoms with van der Waals surface area (Å²) >= 11 is 0. The number of benzene rings is 1. The molecule has 0 fully saturated rings. The van der Waals surface area contributed by atoms with Crippen molar-refractivity contribution in [3.63, 3.8) is 0 Å². The molecular weight excluding hydrogens is 267 g/mol. The molecule has 4 nitrogen and oxygen atoms in total. The molecule has 0 bridgehead atoms. The first-order valence-electron chi connectivity index (χ1n) is 6.55. The quantitative estimate of drug-likeness (QED) is 0.672. The minimum absolute atomic E-state index is 0.192. The zero-order valence-electron chi connectivity index (χ0n) is 12.2. The maximum Gasteiger partial charge on any atom is 0.146 e. The van der Waals surface area contributed by atoms with E-state index >= 15 is 0 Å². The number of hydrogen-bond donors (Lipinski definition) is 2. The SMILES string of the molecule is CNC(=N)c1nccnc1/C=C(\C)c1ccc(C)c(F)c1. The first-order chi connectivity index (χ1) is 10.0. The van der Waals surface area contributed by atoms with Crippen molar-refractivity contribution in [1.29, 1.82) is 5.41 Å². The van der Waals surface area contributed by atoms with E-state index in [1.54, 1.807) is 38.5 Å². The van der Waals surface area contributed by atoms with Gasteiger partial charge in [0, 0.05) is 19.4 Å². The lowest BCUT2D eigenvalue weighted by Crippen LogP contribution is -2.20. The Kier molecular flexibility index (Phi) is 4.42. The number of hydrogen-bond acceptors (Lipinski definition) is 3. The number of nitrogens with one attached hydrogen (secondary N) is 2. The van der Waals surface area contributed by atoms with Crippen molar-refractivity contribution in [1.82, 2.24) is 15.3 Å². The molecule has 2 aromatic rings. The highest BCUT2D eigenvalue weighted by atomic mass is 19.1. The summed E-state index contributed by atoms with van der Waals surface area (Å²) in [6.07, 6.45) is 4.92. The molecule has 0 amide bonds. The van der Waals surface area contributed by atoms with Crippen LogP contribution in [-0.2, 0) is 0 Å². The Balaban J connectivity index is 2.43. The summed E-state index contributed by atoms with van der Waals surface area (Å²) in [7, 11) is 1.66. The summed E-state index contributed by atoms with van der Waals surface area (Å²) in [5.74, 6) is -0.0418. The smallest absolute Gasteiger partial charge is 0.146 e. The lowest BCUT2D eigenvalue weighted by molar-refractivity contribution is 0.618. The van der Waals surface area contributed by atoms with E-state index in [0.29, 0.717) is 17.0 Å². The van der Waals surface area contributed by atoms with Crippen molar-refractivity contribution in [3.05, 3.63) is 58.9 Å². The number of rotatable bonds is 3. The van der Waals surface area contributed by atoms with Crippen molar-refractivity contribution in [2.45, 2.75) is 13.8 Å². The molecule has 21 heavy (non-hydrogen) atoms. The molecule has 0 saturated heterocycles. The molecule has 1 aromatic carbocycles. The van der Waals surface area contributed by atoms with Crippen LogP contribution in [0.25, 0.3) is 11.6 Å². The lowest BCUT2D eigenvalue weighted by atomic mass is 10.0. The minimum Gasteiger partial charge on any atom is -0.372 e. The van der Waals surface area contributed by atoms with Crippen molar-refractivity contribution < 1.29 is 4.39 Å². The van der Waals surface area contributed by atoms with Crippen LogP contribution in [0.5, 0.6) is 0 Å². The highest BCUT2D eigenvalue weighted by Gasteiger charge is 2.08. The van der Waals surface area contributed by atoms with E-state index in [0.717, 1.165) is 11.1 Å². The summed E-state index contributed by atoms with van der Waals surface area (Å²) < 4.78 is 13.6. The number of amidine groups is 1. The van der Waals surface area contributed by atoms with Gasteiger partial charge in [0.05, 0.1) is 5.69 Å². The summed E-state index contributed by atoms with van der Waals surface area (Å²) in [6.45, 7) is 3.61. The topological polar surface area (TPSA) is 61.7 Å². The van der Waals surface area contributed by atoms with Crippen molar-refractivity contribution in [3.8, 4) is 0 Å². The molecule has 0 aliphatic carbocycles. The lowest BCUT2D eigenvalue weighted by Gasteiger charge is -2.07. The van der Waals surface area contributed by atoms with E-state index in [-0.39, 0.29) is 11.7 Å². The van der Waals surface area contributed by atoms with Gasteiger partial charge in [-0.15, -0.1) is 0 Å². The fourth-order valence-corrected chi connectivity index (χ4v) is 1.89. The van der Waals surface area contributed by atoms with Crippen LogP contribution < -0.4 is 5.32 Å². The fourth-order valence-electron chi connectivity index (χ4n) is 1.89. The summed E-state index contributed by atoms with van der Waals surface area (Å²) in [6, 6.07) is 5.11. The van der Waals surface area contributed by atoms with Gasteiger partial charge in [0.25, 0.3) is 0 Å². The Morgan fingerprint density at radius 2 is 2.00 bits per heavy atom. The number of allylic oxidation sites excluding steroid dienone is 1. The van der Waals surface area contributed by atoms with Crippen LogP contribution in [0.4, 0.5) is 4.39 Å². The van der Waals surface area contributed by atoms with Gasteiger partial charge in [-0.1, -0.05) is 12.1 Å². The zero-order valence-corrected chi connectivity index (χ0v) is 12.2. The van der Waals surface area contributed by atoms with Gasteiger partial charge >= 0.3 is 0 Å². The second-order valence-electron chi connectivity index (χ2n) is 4.71. The van der Waals surface area contributed by atoms with E-state index in [1.807, 2.05) is 13.0 Å². The Hall–Kier alpha value is -2.56. The standard InChI is InChI=1S/C16H17FN4/c1-10-4-5-12(9-13(10)17)11(2)8-14-15(16(18)19-3)21-7-6-20-14/h4-9H,1-3H3,(H2,18,19)/b11-8+. The monoisotopic (exact) mass is 284 g/mol. The van der Waals surface area contributed by atoms with Crippen molar-refractivity contribution >= 4 is 17.5 Å². The molecule has 0 aliphatic rings. The predicted octanol–water partition coefficient (Wildman–Crippen LogP) is 3.03. The third-order valence-corrected chi connectivity index (χ3v) is 3.19. The maximum absolute atomic E-state index is 13.6. The van der Waals surface area contributed by atoms with Crippen LogP contribution in [0.1, 0.15) is 29.4 Å². The molecule has 2 rings (SSSR count).